The molecule has 1 fully saturated rings. The predicted molar refractivity (Wildman–Crippen MR) is 86.4 cm³/mol. The Bertz CT molecular complexity index is 569. The molecule has 2 heterocycles. The Morgan fingerprint density at radius 2 is 2.04 bits per heavy atom. The number of carbonyl (C=O) groups is 1. The maximum atomic E-state index is 12.8. The number of carbonyl (C=O) groups excluding carboxylic acids is 1. The van der Waals surface area contributed by atoms with E-state index < -0.39 is 5.60 Å². The zero-order chi connectivity index (χ0) is 16.4. The molecule has 1 atom stereocenters. The minimum absolute atomic E-state index is 0.0361. The SMILES string of the molecule is CN(C)C[C@]1(O)CCCN(C(=O)c2noc3c2CCCC3)CC1. The molecular weight excluding hydrogens is 294 g/mol. The van der Waals surface area contributed by atoms with Crippen LogP contribution >= 0.6 is 0 Å². The zero-order valence-corrected chi connectivity index (χ0v) is 14.2. The Morgan fingerprint density at radius 1 is 1.26 bits per heavy atom. The Labute approximate surface area is 137 Å². The molecule has 0 radical (unpaired) electrons. The molecule has 1 N–H and O–H groups in total. The Balaban J connectivity index is 1.70. The zero-order valence-electron chi connectivity index (χ0n) is 14.2. The van der Waals surface area contributed by atoms with Gasteiger partial charge >= 0.3 is 0 Å². The van der Waals surface area contributed by atoms with Crippen molar-refractivity contribution < 1.29 is 14.4 Å². The van der Waals surface area contributed by atoms with Crippen LogP contribution in [0.3, 0.4) is 0 Å². The van der Waals surface area contributed by atoms with Crippen molar-refractivity contribution in [3.05, 3.63) is 17.0 Å². The summed E-state index contributed by atoms with van der Waals surface area (Å²) in [7, 11) is 3.93. The molecule has 1 aromatic heterocycles. The van der Waals surface area contributed by atoms with Gasteiger partial charge in [0.05, 0.1) is 5.60 Å². The van der Waals surface area contributed by atoms with Crippen molar-refractivity contribution >= 4 is 5.91 Å². The Morgan fingerprint density at radius 3 is 2.83 bits per heavy atom. The van der Waals surface area contributed by atoms with Gasteiger partial charge in [0, 0.05) is 31.6 Å². The molecule has 1 saturated heterocycles. The van der Waals surface area contributed by atoms with Gasteiger partial charge in [0.2, 0.25) is 0 Å². The van der Waals surface area contributed by atoms with Crippen molar-refractivity contribution in [3.63, 3.8) is 0 Å². The van der Waals surface area contributed by atoms with Gasteiger partial charge in [0.15, 0.2) is 5.69 Å². The van der Waals surface area contributed by atoms with Crippen LogP contribution in [-0.4, -0.2) is 65.3 Å². The summed E-state index contributed by atoms with van der Waals surface area (Å²) in [6.07, 6.45) is 6.13. The number of likely N-dealkylation sites (tertiary alicyclic amines) is 1. The molecule has 6 heteroatoms. The van der Waals surface area contributed by atoms with Crippen LogP contribution in [0.5, 0.6) is 0 Å². The Kier molecular flexibility index (Phi) is 4.73. The van der Waals surface area contributed by atoms with E-state index in [1.165, 1.54) is 0 Å². The van der Waals surface area contributed by atoms with E-state index in [0.717, 1.165) is 49.8 Å². The molecule has 1 aliphatic carbocycles. The van der Waals surface area contributed by atoms with E-state index in [2.05, 4.69) is 5.16 Å². The lowest BCUT2D eigenvalue weighted by Crippen LogP contribution is -2.41. The minimum atomic E-state index is -0.707. The standard InChI is InChI=1S/C17H27N3O3/c1-19(2)12-17(22)8-5-10-20(11-9-17)16(21)15-13-6-3-4-7-14(13)23-18-15/h22H,3-12H2,1-2H3/t17-/m0/s1. The van der Waals surface area contributed by atoms with Gasteiger partial charge in [-0.15, -0.1) is 0 Å². The quantitative estimate of drug-likeness (QED) is 0.913. The van der Waals surface area contributed by atoms with Gasteiger partial charge < -0.3 is 19.4 Å². The second-order valence-corrected chi connectivity index (χ2v) is 7.25. The highest BCUT2D eigenvalue weighted by atomic mass is 16.5. The smallest absolute Gasteiger partial charge is 0.276 e. The first kappa shape index (κ1) is 16.5. The lowest BCUT2D eigenvalue weighted by Gasteiger charge is -2.29. The summed E-state index contributed by atoms with van der Waals surface area (Å²) in [6.45, 7) is 1.88. The van der Waals surface area contributed by atoms with E-state index in [1.807, 2.05) is 23.9 Å². The molecular formula is C17H27N3O3. The molecule has 0 unspecified atom stereocenters. The number of hydrogen-bond donors (Lipinski definition) is 1. The molecule has 1 aromatic rings. The number of hydrogen-bond acceptors (Lipinski definition) is 5. The number of aromatic nitrogens is 1. The van der Waals surface area contributed by atoms with Crippen LogP contribution in [0.25, 0.3) is 0 Å². The van der Waals surface area contributed by atoms with Gasteiger partial charge in [-0.05, 0) is 52.6 Å². The maximum absolute atomic E-state index is 12.8. The van der Waals surface area contributed by atoms with Crippen LogP contribution in [-0.2, 0) is 12.8 Å². The molecule has 23 heavy (non-hydrogen) atoms. The fourth-order valence-corrected chi connectivity index (χ4v) is 3.83. The van der Waals surface area contributed by atoms with E-state index in [-0.39, 0.29) is 5.91 Å². The molecule has 3 rings (SSSR count). The first-order chi connectivity index (χ1) is 11.0. The third kappa shape index (κ3) is 3.58. The highest BCUT2D eigenvalue weighted by Crippen LogP contribution is 2.27. The molecule has 1 amide bonds. The maximum Gasteiger partial charge on any atom is 0.276 e. The van der Waals surface area contributed by atoms with Crippen molar-refractivity contribution in [2.24, 2.45) is 0 Å². The van der Waals surface area contributed by atoms with Gasteiger partial charge in [0.25, 0.3) is 5.91 Å². The van der Waals surface area contributed by atoms with Crippen molar-refractivity contribution in [2.45, 2.75) is 50.5 Å². The van der Waals surface area contributed by atoms with Crippen molar-refractivity contribution in [3.8, 4) is 0 Å². The first-order valence-corrected chi connectivity index (χ1v) is 8.62. The molecule has 0 aromatic carbocycles. The van der Waals surface area contributed by atoms with E-state index in [9.17, 15) is 9.90 Å². The number of likely N-dealkylation sites (N-methyl/N-ethyl adjacent to an activating group) is 1. The molecule has 0 spiro atoms. The number of amides is 1. The van der Waals surface area contributed by atoms with Crippen LogP contribution < -0.4 is 0 Å². The van der Waals surface area contributed by atoms with Crippen LogP contribution in [0.2, 0.25) is 0 Å². The van der Waals surface area contributed by atoms with Gasteiger partial charge in [-0.25, -0.2) is 0 Å². The van der Waals surface area contributed by atoms with Gasteiger partial charge in [-0.3, -0.25) is 4.79 Å². The van der Waals surface area contributed by atoms with E-state index >= 15 is 0 Å². The normalized spacial score (nSPS) is 25.3. The van der Waals surface area contributed by atoms with Gasteiger partial charge in [-0.1, -0.05) is 5.16 Å². The largest absolute Gasteiger partial charge is 0.388 e. The average molecular weight is 321 g/mol. The predicted octanol–water partition coefficient (Wildman–Crippen LogP) is 1.47. The highest BCUT2D eigenvalue weighted by Gasteiger charge is 2.34. The van der Waals surface area contributed by atoms with E-state index in [0.29, 0.717) is 31.7 Å². The van der Waals surface area contributed by atoms with Crippen molar-refractivity contribution in [2.75, 3.05) is 33.7 Å². The summed E-state index contributed by atoms with van der Waals surface area (Å²) >= 11 is 0. The van der Waals surface area contributed by atoms with E-state index in [1.54, 1.807) is 0 Å². The highest BCUT2D eigenvalue weighted by molar-refractivity contribution is 5.94. The fraction of sp³-hybridized carbons (Fsp3) is 0.765. The third-order valence-electron chi connectivity index (χ3n) is 4.97. The van der Waals surface area contributed by atoms with Crippen LogP contribution in [0, 0.1) is 0 Å². The Hall–Kier alpha value is -1.40. The number of aryl methyl sites for hydroxylation is 1. The van der Waals surface area contributed by atoms with E-state index in [4.69, 9.17) is 4.52 Å². The van der Waals surface area contributed by atoms with Crippen molar-refractivity contribution in [1.29, 1.82) is 0 Å². The summed E-state index contributed by atoms with van der Waals surface area (Å²) in [4.78, 5) is 16.7. The van der Waals surface area contributed by atoms with Crippen molar-refractivity contribution in [1.82, 2.24) is 15.0 Å². The van der Waals surface area contributed by atoms with Gasteiger partial charge in [0.1, 0.15) is 5.76 Å². The molecule has 2 aliphatic rings. The minimum Gasteiger partial charge on any atom is -0.388 e. The van der Waals surface area contributed by atoms with Crippen LogP contribution in [0.15, 0.2) is 4.52 Å². The topological polar surface area (TPSA) is 69.8 Å². The number of nitrogens with zero attached hydrogens (tertiary/aromatic N) is 3. The molecule has 128 valence electrons. The number of aliphatic hydroxyl groups is 1. The summed E-state index contributed by atoms with van der Waals surface area (Å²) < 4.78 is 5.37. The molecule has 1 aliphatic heterocycles. The monoisotopic (exact) mass is 321 g/mol. The fourth-order valence-electron chi connectivity index (χ4n) is 3.83. The van der Waals surface area contributed by atoms with Crippen LogP contribution in [0.1, 0.15) is 53.9 Å². The molecule has 0 saturated carbocycles. The summed E-state index contributed by atoms with van der Waals surface area (Å²) in [5.74, 6) is 0.851. The second kappa shape index (κ2) is 6.61. The number of fused-ring (bicyclic) bond motifs is 1. The molecule has 6 nitrogen and oxygen atoms in total. The third-order valence-corrected chi connectivity index (χ3v) is 4.97. The lowest BCUT2D eigenvalue weighted by atomic mass is 9.94. The summed E-state index contributed by atoms with van der Waals surface area (Å²) in [6, 6.07) is 0. The molecule has 0 bridgehead atoms. The lowest BCUT2D eigenvalue weighted by molar-refractivity contribution is 0.00302. The average Bonchev–Trinajstić information content (AvgIpc) is 2.84. The summed E-state index contributed by atoms with van der Waals surface area (Å²) in [5.41, 5.74) is 0.800. The van der Waals surface area contributed by atoms with Crippen LogP contribution in [0.4, 0.5) is 0 Å². The van der Waals surface area contributed by atoms with Gasteiger partial charge in [-0.2, -0.15) is 0 Å². The second-order valence-electron chi connectivity index (χ2n) is 7.25. The summed E-state index contributed by atoms with van der Waals surface area (Å²) in [5, 5.41) is 14.8. The number of rotatable bonds is 3. The first-order valence-electron chi connectivity index (χ1n) is 8.62.